The van der Waals surface area contributed by atoms with Gasteiger partial charge in [-0.05, 0) is 24.1 Å². The van der Waals surface area contributed by atoms with Gasteiger partial charge in [0.1, 0.15) is 5.82 Å². The van der Waals surface area contributed by atoms with Crippen molar-refractivity contribution in [2.24, 2.45) is 0 Å². The third kappa shape index (κ3) is 4.66. The predicted molar refractivity (Wildman–Crippen MR) is 97.2 cm³/mol. The number of rotatable bonds is 9. The van der Waals surface area contributed by atoms with Crippen molar-refractivity contribution in [3.8, 4) is 0 Å². The second-order valence-electron chi connectivity index (χ2n) is 6.11. The van der Waals surface area contributed by atoms with Crippen molar-refractivity contribution >= 4 is 11.0 Å². The third-order valence-electron chi connectivity index (χ3n) is 4.11. The Labute approximate surface area is 147 Å². The molecule has 1 unspecified atom stereocenters. The fourth-order valence-electron chi connectivity index (χ4n) is 2.91. The highest BCUT2D eigenvalue weighted by Crippen LogP contribution is 2.18. The summed E-state index contributed by atoms with van der Waals surface area (Å²) < 4.78 is 7.67. The number of para-hydroxylation sites is 2. The fourth-order valence-corrected chi connectivity index (χ4v) is 2.91. The van der Waals surface area contributed by atoms with Crippen LogP contribution in [0.15, 0.2) is 54.6 Å². The number of imidazole rings is 1. The molecular formula is C20H24N2O3. The van der Waals surface area contributed by atoms with Gasteiger partial charge < -0.3 is 19.5 Å². The quantitative estimate of drug-likeness (QED) is 0.628. The van der Waals surface area contributed by atoms with E-state index >= 15 is 0 Å². The van der Waals surface area contributed by atoms with Crippen molar-refractivity contribution < 1.29 is 14.9 Å². The molecule has 2 N–H and O–H groups in total. The van der Waals surface area contributed by atoms with E-state index in [-0.39, 0.29) is 13.2 Å². The first-order valence-electron chi connectivity index (χ1n) is 8.62. The summed E-state index contributed by atoms with van der Waals surface area (Å²) in [5.41, 5.74) is 3.00. The normalized spacial score (nSPS) is 12.6. The highest BCUT2D eigenvalue weighted by molar-refractivity contribution is 5.75. The number of hydrogen-bond acceptors (Lipinski definition) is 4. The monoisotopic (exact) mass is 340 g/mol. The number of aromatic nitrogens is 2. The summed E-state index contributed by atoms with van der Waals surface area (Å²) in [6.45, 7) is 1.31. The minimum Gasteiger partial charge on any atom is -0.396 e. The maximum Gasteiger partial charge on any atom is 0.110 e. The molecule has 1 atom stereocenters. The molecule has 5 heteroatoms. The zero-order valence-electron chi connectivity index (χ0n) is 14.2. The second kappa shape index (κ2) is 8.76. The Morgan fingerprint density at radius 3 is 2.60 bits per heavy atom. The van der Waals surface area contributed by atoms with Gasteiger partial charge in [0.25, 0.3) is 0 Å². The Bertz CT molecular complexity index is 786. The van der Waals surface area contributed by atoms with Crippen molar-refractivity contribution in [2.75, 3.05) is 13.2 Å². The highest BCUT2D eigenvalue weighted by atomic mass is 16.5. The average molecular weight is 340 g/mol. The molecule has 0 bridgehead atoms. The van der Waals surface area contributed by atoms with Gasteiger partial charge in [0.15, 0.2) is 0 Å². The Hall–Kier alpha value is -2.21. The smallest absolute Gasteiger partial charge is 0.110 e. The van der Waals surface area contributed by atoms with Crippen molar-refractivity contribution in [2.45, 2.75) is 32.1 Å². The number of nitrogens with zero attached hydrogens (tertiary/aromatic N) is 2. The largest absolute Gasteiger partial charge is 0.396 e. The number of fused-ring (bicyclic) bond motifs is 1. The first kappa shape index (κ1) is 17.6. The Morgan fingerprint density at radius 2 is 1.80 bits per heavy atom. The van der Waals surface area contributed by atoms with E-state index in [1.807, 2.05) is 59.2 Å². The van der Waals surface area contributed by atoms with E-state index in [0.717, 1.165) is 22.4 Å². The second-order valence-corrected chi connectivity index (χ2v) is 6.11. The molecule has 0 aliphatic heterocycles. The molecule has 0 radical (unpaired) electrons. The molecule has 1 heterocycles. The Morgan fingerprint density at radius 1 is 1.04 bits per heavy atom. The summed E-state index contributed by atoms with van der Waals surface area (Å²) in [7, 11) is 0. The minimum absolute atomic E-state index is 0.131. The molecule has 132 valence electrons. The van der Waals surface area contributed by atoms with Crippen LogP contribution in [0.3, 0.4) is 0 Å². The summed E-state index contributed by atoms with van der Waals surface area (Å²) in [5.74, 6) is 0.886. The van der Waals surface area contributed by atoms with E-state index in [1.165, 1.54) is 0 Å². The van der Waals surface area contributed by atoms with Crippen LogP contribution < -0.4 is 0 Å². The molecule has 0 aliphatic carbocycles. The lowest BCUT2D eigenvalue weighted by atomic mass is 10.2. The van der Waals surface area contributed by atoms with Gasteiger partial charge in [0, 0.05) is 13.0 Å². The summed E-state index contributed by atoms with van der Waals surface area (Å²) in [6.07, 6.45) is 0.723. The van der Waals surface area contributed by atoms with Gasteiger partial charge in [-0.15, -0.1) is 0 Å². The first-order chi connectivity index (χ1) is 12.3. The molecule has 1 aromatic heterocycles. The van der Waals surface area contributed by atoms with Crippen LogP contribution in [0.2, 0.25) is 0 Å². The Balaban J connectivity index is 1.64. The first-order valence-corrected chi connectivity index (χ1v) is 8.62. The van der Waals surface area contributed by atoms with Crippen LogP contribution in [0.1, 0.15) is 17.8 Å². The molecule has 25 heavy (non-hydrogen) atoms. The van der Waals surface area contributed by atoms with Crippen LogP contribution in [0.4, 0.5) is 0 Å². The van der Waals surface area contributed by atoms with Crippen molar-refractivity contribution in [3.63, 3.8) is 0 Å². The molecule has 0 saturated carbocycles. The van der Waals surface area contributed by atoms with E-state index < -0.39 is 6.10 Å². The van der Waals surface area contributed by atoms with Gasteiger partial charge in [-0.25, -0.2) is 4.98 Å². The van der Waals surface area contributed by atoms with Gasteiger partial charge in [0.05, 0.1) is 36.9 Å². The van der Waals surface area contributed by atoms with E-state index in [0.29, 0.717) is 26.0 Å². The minimum atomic E-state index is -0.616. The zero-order valence-corrected chi connectivity index (χ0v) is 14.2. The number of aryl methyl sites for hydroxylation is 1. The Kier molecular flexibility index (Phi) is 6.17. The molecule has 3 aromatic rings. The lowest BCUT2D eigenvalue weighted by molar-refractivity contribution is 0.0205. The van der Waals surface area contributed by atoms with Crippen molar-refractivity contribution in [1.82, 2.24) is 9.55 Å². The number of aliphatic hydroxyl groups is 2. The zero-order chi connectivity index (χ0) is 17.5. The standard InChI is InChI=1S/C20H24N2O3/c23-12-6-11-20-21-18-9-4-5-10-19(18)22(20)13-17(24)15-25-14-16-7-2-1-3-8-16/h1-5,7-10,17,23-24H,6,11-15H2. The molecule has 0 saturated heterocycles. The van der Waals surface area contributed by atoms with E-state index in [2.05, 4.69) is 4.98 Å². The van der Waals surface area contributed by atoms with Crippen LogP contribution in [0.5, 0.6) is 0 Å². The lowest BCUT2D eigenvalue weighted by Crippen LogP contribution is -2.23. The van der Waals surface area contributed by atoms with Gasteiger partial charge in [-0.3, -0.25) is 0 Å². The van der Waals surface area contributed by atoms with Gasteiger partial charge >= 0.3 is 0 Å². The van der Waals surface area contributed by atoms with E-state index in [9.17, 15) is 5.11 Å². The van der Waals surface area contributed by atoms with Crippen LogP contribution >= 0.6 is 0 Å². The molecule has 0 fully saturated rings. The van der Waals surface area contributed by atoms with Crippen molar-refractivity contribution in [1.29, 1.82) is 0 Å². The van der Waals surface area contributed by atoms with Gasteiger partial charge in [-0.1, -0.05) is 42.5 Å². The van der Waals surface area contributed by atoms with Crippen molar-refractivity contribution in [3.05, 3.63) is 66.0 Å². The average Bonchev–Trinajstić information content (AvgIpc) is 2.98. The molecule has 0 amide bonds. The van der Waals surface area contributed by atoms with Gasteiger partial charge in [-0.2, -0.15) is 0 Å². The maximum atomic E-state index is 10.4. The fraction of sp³-hybridized carbons (Fsp3) is 0.350. The third-order valence-corrected chi connectivity index (χ3v) is 4.11. The van der Waals surface area contributed by atoms with Crippen LogP contribution in [-0.2, 0) is 24.3 Å². The van der Waals surface area contributed by atoms with Crippen LogP contribution in [0, 0.1) is 0 Å². The summed E-state index contributed by atoms with van der Waals surface area (Å²) >= 11 is 0. The molecule has 2 aromatic carbocycles. The number of aliphatic hydroxyl groups excluding tert-OH is 2. The van der Waals surface area contributed by atoms with Crippen LogP contribution in [-0.4, -0.2) is 39.1 Å². The highest BCUT2D eigenvalue weighted by Gasteiger charge is 2.14. The molecule has 0 spiro atoms. The van der Waals surface area contributed by atoms with E-state index in [1.54, 1.807) is 0 Å². The molecule has 5 nitrogen and oxygen atoms in total. The SMILES string of the molecule is OCCCc1nc2ccccc2n1CC(O)COCc1ccccc1. The molecule has 0 aliphatic rings. The van der Waals surface area contributed by atoms with Crippen LogP contribution in [0.25, 0.3) is 11.0 Å². The number of ether oxygens (including phenoxy) is 1. The predicted octanol–water partition coefficient (Wildman–Crippen LogP) is 2.54. The maximum absolute atomic E-state index is 10.4. The summed E-state index contributed by atoms with van der Waals surface area (Å²) in [5, 5.41) is 19.5. The molecule has 3 rings (SSSR count). The summed E-state index contributed by atoms with van der Waals surface area (Å²) in [6, 6.07) is 17.8. The number of benzene rings is 2. The topological polar surface area (TPSA) is 67.5 Å². The molecular weight excluding hydrogens is 316 g/mol. The van der Waals surface area contributed by atoms with E-state index in [4.69, 9.17) is 9.84 Å². The lowest BCUT2D eigenvalue weighted by Gasteiger charge is -2.15. The number of hydrogen-bond donors (Lipinski definition) is 2. The van der Waals surface area contributed by atoms with Gasteiger partial charge in [0.2, 0.25) is 0 Å². The summed E-state index contributed by atoms with van der Waals surface area (Å²) in [4.78, 5) is 4.63.